The normalized spacial score (nSPS) is 24.1. The summed E-state index contributed by atoms with van der Waals surface area (Å²) in [5.74, 6) is 2.85. The van der Waals surface area contributed by atoms with E-state index in [-0.39, 0.29) is 29.8 Å². The van der Waals surface area contributed by atoms with E-state index in [1.165, 1.54) is 0 Å². The number of aromatic hydroxyl groups is 1. The number of phenols is 1. The molecule has 2 aromatic rings. The highest BCUT2D eigenvalue weighted by atomic mass is 16.5. The van der Waals surface area contributed by atoms with Gasteiger partial charge in [-0.05, 0) is 47.2 Å². The van der Waals surface area contributed by atoms with Crippen molar-refractivity contribution in [1.29, 1.82) is 0 Å². The molecule has 2 aromatic carbocycles. The Morgan fingerprint density at radius 1 is 0.714 bits per heavy atom. The Balaban J connectivity index is 1.97. The molecule has 0 saturated carbocycles. The summed E-state index contributed by atoms with van der Waals surface area (Å²) in [5.41, 5.74) is 1.95. The molecule has 0 amide bonds. The number of methoxy groups -OCH3 is 4. The molecule has 1 saturated heterocycles. The van der Waals surface area contributed by atoms with Crippen LogP contribution in [-0.4, -0.2) is 33.5 Å². The number of rotatable bonds is 6. The fraction of sp³-hybridized carbons (Fsp3) is 0.455. The summed E-state index contributed by atoms with van der Waals surface area (Å²) < 4.78 is 28.1. The molecule has 0 unspecified atom stereocenters. The van der Waals surface area contributed by atoms with Gasteiger partial charge in [0.05, 0.1) is 40.6 Å². The zero-order chi connectivity index (χ0) is 20.4. The Morgan fingerprint density at radius 3 is 1.71 bits per heavy atom. The predicted molar refractivity (Wildman–Crippen MR) is 106 cm³/mol. The second-order valence-corrected chi connectivity index (χ2v) is 7.09. The largest absolute Gasteiger partial charge is 0.504 e. The van der Waals surface area contributed by atoms with Crippen molar-refractivity contribution in [3.63, 3.8) is 0 Å². The van der Waals surface area contributed by atoms with Gasteiger partial charge in [-0.3, -0.25) is 0 Å². The average Bonchev–Trinajstić information content (AvgIpc) is 3.02. The quantitative estimate of drug-likeness (QED) is 0.785. The van der Waals surface area contributed by atoms with Gasteiger partial charge in [0.15, 0.2) is 23.0 Å². The maximum atomic E-state index is 9.88. The minimum atomic E-state index is -0.131. The van der Waals surface area contributed by atoms with E-state index in [9.17, 15) is 5.11 Å². The van der Waals surface area contributed by atoms with Crippen molar-refractivity contribution in [2.45, 2.75) is 26.1 Å². The van der Waals surface area contributed by atoms with Crippen LogP contribution in [0.3, 0.4) is 0 Å². The standard InChI is InChI=1S/C22H28O6/c1-12-13(2)21(15-10-18(25-4)22(27-6)19(11-15)26-5)28-20(12)14-7-8-16(23)17(9-14)24-3/h7-13,20-21,23H,1-6H3/t12-,13+,20+,21-/m0/s1. The van der Waals surface area contributed by atoms with Gasteiger partial charge < -0.3 is 28.8 Å². The molecule has 1 fully saturated rings. The van der Waals surface area contributed by atoms with E-state index in [0.717, 1.165) is 11.1 Å². The van der Waals surface area contributed by atoms with Gasteiger partial charge in [-0.15, -0.1) is 0 Å². The molecule has 0 bridgehead atoms. The molecule has 1 N–H and O–H groups in total. The molecule has 1 heterocycles. The third-order valence-electron chi connectivity index (χ3n) is 5.63. The van der Waals surface area contributed by atoms with E-state index in [4.69, 9.17) is 23.7 Å². The highest BCUT2D eigenvalue weighted by Crippen LogP contribution is 2.51. The summed E-state index contributed by atoms with van der Waals surface area (Å²) in [6.45, 7) is 4.35. The summed E-state index contributed by atoms with van der Waals surface area (Å²) in [4.78, 5) is 0. The molecular weight excluding hydrogens is 360 g/mol. The third kappa shape index (κ3) is 3.44. The third-order valence-corrected chi connectivity index (χ3v) is 5.63. The second-order valence-electron chi connectivity index (χ2n) is 7.09. The van der Waals surface area contributed by atoms with Crippen molar-refractivity contribution in [2.75, 3.05) is 28.4 Å². The summed E-state index contributed by atoms with van der Waals surface area (Å²) in [6, 6.07) is 9.23. The van der Waals surface area contributed by atoms with E-state index in [2.05, 4.69) is 13.8 Å². The lowest BCUT2D eigenvalue weighted by Crippen LogP contribution is -2.10. The van der Waals surface area contributed by atoms with Crippen molar-refractivity contribution in [3.05, 3.63) is 41.5 Å². The number of ether oxygens (including phenoxy) is 5. The van der Waals surface area contributed by atoms with Gasteiger partial charge in [0.1, 0.15) is 0 Å². The lowest BCUT2D eigenvalue weighted by atomic mass is 9.85. The van der Waals surface area contributed by atoms with Gasteiger partial charge >= 0.3 is 0 Å². The minimum absolute atomic E-state index is 0.117. The van der Waals surface area contributed by atoms with Gasteiger partial charge in [0.2, 0.25) is 5.75 Å². The topological polar surface area (TPSA) is 66.4 Å². The second kappa shape index (κ2) is 8.19. The Morgan fingerprint density at radius 2 is 1.21 bits per heavy atom. The lowest BCUT2D eigenvalue weighted by Gasteiger charge is -2.20. The van der Waals surface area contributed by atoms with E-state index >= 15 is 0 Å². The Labute approximate surface area is 165 Å². The first kappa shape index (κ1) is 20.1. The molecule has 6 nitrogen and oxygen atoms in total. The Hall–Kier alpha value is -2.60. The predicted octanol–water partition coefficient (Wildman–Crippen LogP) is 4.51. The van der Waals surface area contributed by atoms with Crippen LogP contribution in [0.15, 0.2) is 30.3 Å². The molecule has 3 rings (SSSR count). The first-order chi connectivity index (χ1) is 13.4. The molecule has 0 aromatic heterocycles. The zero-order valence-corrected chi connectivity index (χ0v) is 17.2. The van der Waals surface area contributed by atoms with Crippen LogP contribution in [0.1, 0.15) is 37.2 Å². The van der Waals surface area contributed by atoms with Crippen molar-refractivity contribution in [3.8, 4) is 28.7 Å². The summed E-state index contributed by atoms with van der Waals surface area (Å²) in [6.07, 6.45) is -0.248. The van der Waals surface area contributed by atoms with Crippen LogP contribution in [-0.2, 0) is 4.74 Å². The van der Waals surface area contributed by atoms with E-state index in [0.29, 0.717) is 23.0 Å². The Kier molecular flexibility index (Phi) is 5.89. The van der Waals surface area contributed by atoms with E-state index in [1.807, 2.05) is 24.3 Å². The molecule has 6 heteroatoms. The van der Waals surface area contributed by atoms with Crippen LogP contribution in [0.5, 0.6) is 28.7 Å². The molecule has 0 radical (unpaired) electrons. The van der Waals surface area contributed by atoms with Crippen LogP contribution >= 0.6 is 0 Å². The molecule has 4 atom stereocenters. The molecule has 0 aliphatic carbocycles. The molecule has 28 heavy (non-hydrogen) atoms. The molecular formula is C22H28O6. The van der Waals surface area contributed by atoms with Crippen LogP contribution in [0.4, 0.5) is 0 Å². The number of hydrogen-bond donors (Lipinski definition) is 1. The van der Waals surface area contributed by atoms with Gasteiger partial charge in [-0.25, -0.2) is 0 Å². The monoisotopic (exact) mass is 388 g/mol. The zero-order valence-electron chi connectivity index (χ0n) is 17.2. The fourth-order valence-corrected chi connectivity index (χ4v) is 3.86. The summed E-state index contributed by atoms with van der Waals surface area (Å²) in [5, 5.41) is 9.88. The highest BCUT2D eigenvalue weighted by molar-refractivity contribution is 5.54. The van der Waals surface area contributed by atoms with Gasteiger partial charge in [0.25, 0.3) is 0 Å². The first-order valence-corrected chi connectivity index (χ1v) is 9.27. The van der Waals surface area contributed by atoms with Gasteiger partial charge in [0, 0.05) is 0 Å². The number of benzene rings is 2. The van der Waals surface area contributed by atoms with Crippen LogP contribution < -0.4 is 18.9 Å². The maximum absolute atomic E-state index is 9.88. The molecule has 152 valence electrons. The Bertz CT molecular complexity index is 809. The smallest absolute Gasteiger partial charge is 0.203 e. The van der Waals surface area contributed by atoms with Crippen LogP contribution in [0.25, 0.3) is 0 Å². The van der Waals surface area contributed by atoms with E-state index in [1.54, 1.807) is 34.5 Å². The number of phenolic OH excluding ortho intramolecular Hbond substituents is 1. The maximum Gasteiger partial charge on any atom is 0.203 e. The highest BCUT2D eigenvalue weighted by Gasteiger charge is 2.41. The summed E-state index contributed by atoms with van der Waals surface area (Å²) >= 11 is 0. The van der Waals surface area contributed by atoms with Gasteiger partial charge in [-0.1, -0.05) is 19.9 Å². The van der Waals surface area contributed by atoms with Crippen molar-refractivity contribution >= 4 is 0 Å². The van der Waals surface area contributed by atoms with Crippen molar-refractivity contribution in [1.82, 2.24) is 0 Å². The van der Waals surface area contributed by atoms with Crippen LogP contribution in [0, 0.1) is 11.8 Å². The molecule has 1 aliphatic heterocycles. The van der Waals surface area contributed by atoms with Crippen molar-refractivity contribution in [2.24, 2.45) is 11.8 Å². The molecule has 0 spiro atoms. The average molecular weight is 388 g/mol. The summed E-state index contributed by atoms with van der Waals surface area (Å²) in [7, 11) is 6.34. The van der Waals surface area contributed by atoms with Gasteiger partial charge in [-0.2, -0.15) is 0 Å². The molecule has 1 aliphatic rings. The van der Waals surface area contributed by atoms with Crippen molar-refractivity contribution < 1.29 is 28.8 Å². The SMILES string of the molecule is COc1cc([C@@H]2O[C@H](c3cc(OC)c(OC)c(OC)c3)[C@H](C)[C@@H]2C)ccc1O. The lowest BCUT2D eigenvalue weighted by molar-refractivity contribution is 0.0286. The minimum Gasteiger partial charge on any atom is -0.504 e. The number of hydrogen-bond acceptors (Lipinski definition) is 6. The van der Waals surface area contributed by atoms with Crippen LogP contribution in [0.2, 0.25) is 0 Å². The first-order valence-electron chi connectivity index (χ1n) is 9.27. The van der Waals surface area contributed by atoms with E-state index < -0.39 is 0 Å². The fourth-order valence-electron chi connectivity index (χ4n) is 3.86.